The average molecular weight is 455 g/mol. The minimum Gasteiger partial charge on any atom is -0.489 e. The van der Waals surface area contributed by atoms with Crippen molar-refractivity contribution in [3.63, 3.8) is 0 Å². The first-order valence-electron chi connectivity index (χ1n) is 7.67. The van der Waals surface area contributed by atoms with Gasteiger partial charge in [-0.15, -0.1) is 24.0 Å². The molecule has 1 unspecified atom stereocenters. The number of hydrogen-bond acceptors (Lipinski definition) is 3. The monoisotopic (exact) mass is 455 g/mol. The SMILES string of the molecule is CN=C(NCCOc1ccc(F)cc1F)N(C)CC1CCOC1.I. The molecule has 0 aromatic heterocycles. The first kappa shape index (κ1) is 20.9. The maximum absolute atomic E-state index is 13.4. The van der Waals surface area contributed by atoms with E-state index in [0.29, 0.717) is 12.5 Å². The van der Waals surface area contributed by atoms with E-state index in [1.54, 1.807) is 7.05 Å². The van der Waals surface area contributed by atoms with Gasteiger partial charge in [0.25, 0.3) is 0 Å². The minimum absolute atomic E-state index is 0. The van der Waals surface area contributed by atoms with Crippen LogP contribution < -0.4 is 10.1 Å². The van der Waals surface area contributed by atoms with Crippen molar-refractivity contribution >= 4 is 29.9 Å². The maximum atomic E-state index is 13.4. The van der Waals surface area contributed by atoms with Crippen molar-refractivity contribution in [3.05, 3.63) is 29.8 Å². The Morgan fingerprint density at radius 2 is 2.25 bits per heavy atom. The van der Waals surface area contributed by atoms with E-state index in [4.69, 9.17) is 9.47 Å². The van der Waals surface area contributed by atoms with Crippen molar-refractivity contribution in [1.82, 2.24) is 10.2 Å². The van der Waals surface area contributed by atoms with Crippen molar-refractivity contribution in [2.45, 2.75) is 6.42 Å². The van der Waals surface area contributed by atoms with Gasteiger partial charge in [0, 0.05) is 39.2 Å². The lowest BCUT2D eigenvalue weighted by Gasteiger charge is -2.24. The summed E-state index contributed by atoms with van der Waals surface area (Å²) in [5, 5.41) is 3.16. The van der Waals surface area contributed by atoms with Gasteiger partial charge in [-0.1, -0.05) is 0 Å². The zero-order valence-electron chi connectivity index (χ0n) is 13.9. The highest BCUT2D eigenvalue weighted by Crippen LogP contribution is 2.17. The highest BCUT2D eigenvalue weighted by atomic mass is 127. The smallest absolute Gasteiger partial charge is 0.193 e. The quantitative estimate of drug-likeness (QED) is 0.310. The molecule has 0 spiro atoms. The third-order valence-corrected chi connectivity index (χ3v) is 3.67. The molecule has 0 radical (unpaired) electrons. The number of halogens is 3. The number of aliphatic imine (C=N–C) groups is 1. The molecule has 0 bridgehead atoms. The van der Waals surface area contributed by atoms with Crippen molar-refractivity contribution < 1.29 is 18.3 Å². The molecule has 5 nitrogen and oxygen atoms in total. The molecular weight excluding hydrogens is 431 g/mol. The first-order chi connectivity index (χ1) is 11.1. The van der Waals surface area contributed by atoms with Crippen LogP contribution in [-0.4, -0.2) is 57.9 Å². The molecule has 1 aromatic rings. The Balaban J connectivity index is 0.00000288. The number of hydrogen-bond donors (Lipinski definition) is 1. The fraction of sp³-hybridized carbons (Fsp3) is 0.562. The van der Waals surface area contributed by atoms with Gasteiger partial charge in [-0.05, 0) is 18.6 Å². The number of nitrogens with zero attached hydrogens (tertiary/aromatic N) is 2. The summed E-state index contributed by atoms with van der Waals surface area (Å²) in [6, 6.07) is 3.26. The van der Waals surface area contributed by atoms with Gasteiger partial charge in [0.15, 0.2) is 17.5 Å². The standard InChI is InChI=1S/C16H23F2N3O2.HI/c1-19-16(21(2)10-12-5-7-22-11-12)20-6-8-23-15-4-3-13(17)9-14(15)18;/h3-4,9,12H,5-8,10-11H2,1-2H3,(H,19,20);1H. The van der Waals surface area contributed by atoms with E-state index in [9.17, 15) is 8.78 Å². The van der Waals surface area contributed by atoms with Crippen LogP contribution in [-0.2, 0) is 4.74 Å². The predicted octanol–water partition coefficient (Wildman–Crippen LogP) is 2.51. The van der Waals surface area contributed by atoms with Gasteiger partial charge in [0.05, 0.1) is 13.2 Å². The molecule has 136 valence electrons. The zero-order valence-corrected chi connectivity index (χ0v) is 16.3. The largest absolute Gasteiger partial charge is 0.489 e. The number of guanidine groups is 1. The lowest BCUT2D eigenvalue weighted by atomic mass is 10.1. The maximum Gasteiger partial charge on any atom is 0.193 e. The van der Waals surface area contributed by atoms with Crippen LogP contribution in [0.3, 0.4) is 0 Å². The summed E-state index contributed by atoms with van der Waals surface area (Å²) in [5.41, 5.74) is 0. The highest BCUT2D eigenvalue weighted by molar-refractivity contribution is 14.0. The van der Waals surface area contributed by atoms with E-state index < -0.39 is 11.6 Å². The summed E-state index contributed by atoms with van der Waals surface area (Å²) in [6.45, 7) is 3.19. The van der Waals surface area contributed by atoms with Gasteiger partial charge in [0.1, 0.15) is 12.4 Å². The summed E-state index contributed by atoms with van der Waals surface area (Å²) in [5.74, 6) is -0.0125. The average Bonchev–Trinajstić information content (AvgIpc) is 3.02. The van der Waals surface area contributed by atoms with Gasteiger partial charge in [-0.2, -0.15) is 0 Å². The van der Waals surface area contributed by atoms with Crippen molar-refractivity contribution in [2.75, 3.05) is 47.0 Å². The number of benzene rings is 1. The van der Waals surface area contributed by atoms with Crippen LogP contribution in [0, 0.1) is 17.6 Å². The normalized spacial score (nSPS) is 17.3. The van der Waals surface area contributed by atoms with Gasteiger partial charge in [-0.25, -0.2) is 8.78 Å². The molecule has 2 rings (SSSR count). The molecule has 1 fully saturated rings. The molecule has 1 heterocycles. The van der Waals surface area contributed by atoms with Crippen molar-refractivity contribution in [3.8, 4) is 5.75 Å². The molecule has 8 heteroatoms. The summed E-state index contributed by atoms with van der Waals surface area (Å²) < 4.78 is 36.9. The molecule has 0 amide bonds. The van der Waals surface area contributed by atoms with Crippen LogP contribution in [0.5, 0.6) is 5.75 Å². The summed E-state index contributed by atoms with van der Waals surface area (Å²) in [6.07, 6.45) is 1.06. The lowest BCUT2D eigenvalue weighted by molar-refractivity contribution is 0.181. The molecule has 1 aliphatic heterocycles. The lowest BCUT2D eigenvalue weighted by Crippen LogP contribution is -2.42. The Morgan fingerprint density at radius 1 is 1.46 bits per heavy atom. The van der Waals surface area contributed by atoms with Gasteiger partial charge in [-0.3, -0.25) is 4.99 Å². The Bertz CT molecular complexity index is 540. The van der Waals surface area contributed by atoms with Gasteiger partial charge in [0.2, 0.25) is 0 Å². The Hall–Kier alpha value is -1.16. The molecule has 1 aliphatic rings. The van der Waals surface area contributed by atoms with E-state index in [-0.39, 0.29) is 36.3 Å². The van der Waals surface area contributed by atoms with E-state index in [0.717, 1.165) is 38.2 Å². The van der Waals surface area contributed by atoms with Crippen LogP contribution in [0.2, 0.25) is 0 Å². The summed E-state index contributed by atoms with van der Waals surface area (Å²) in [4.78, 5) is 6.25. The molecule has 1 N–H and O–H groups in total. The van der Waals surface area contributed by atoms with Gasteiger partial charge >= 0.3 is 0 Å². The topological polar surface area (TPSA) is 46.1 Å². The van der Waals surface area contributed by atoms with Crippen LogP contribution >= 0.6 is 24.0 Å². The predicted molar refractivity (Wildman–Crippen MR) is 100 cm³/mol. The third kappa shape index (κ3) is 6.39. The molecule has 24 heavy (non-hydrogen) atoms. The molecule has 0 saturated carbocycles. The second-order valence-electron chi connectivity index (χ2n) is 5.51. The fourth-order valence-corrected chi connectivity index (χ4v) is 2.50. The van der Waals surface area contributed by atoms with Crippen LogP contribution in [0.15, 0.2) is 23.2 Å². The molecule has 1 aromatic carbocycles. The number of nitrogens with one attached hydrogen (secondary N) is 1. The molecule has 1 saturated heterocycles. The molecule has 1 atom stereocenters. The van der Waals surface area contributed by atoms with E-state index in [1.807, 2.05) is 11.9 Å². The zero-order chi connectivity index (χ0) is 16.7. The Labute approximate surface area is 158 Å². The molecular formula is C16H24F2IN3O2. The van der Waals surface area contributed by atoms with Crippen LogP contribution in [0.4, 0.5) is 8.78 Å². The van der Waals surface area contributed by atoms with Gasteiger partial charge < -0.3 is 19.7 Å². The summed E-state index contributed by atoms with van der Waals surface area (Å²) >= 11 is 0. The van der Waals surface area contributed by atoms with E-state index >= 15 is 0 Å². The second-order valence-corrected chi connectivity index (χ2v) is 5.51. The molecule has 0 aliphatic carbocycles. The van der Waals surface area contributed by atoms with E-state index in [1.165, 1.54) is 12.1 Å². The van der Waals surface area contributed by atoms with Crippen molar-refractivity contribution in [2.24, 2.45) is 10.9 Å². The van der Waals surface area contributed by atoms with Crippen LogP contribution in [0.25, 0.3) is 0 Å². The van der Waals surface area contributed by atoms with E-state index in [2.05, 4.69) is 10.3 Å². The Morgan fingerprint density at radius 3 is 2.88 bits per heavy atom. The first-order valence-corrected chi connectivity index (χ1v) is 7.67. The number of ether oxygens (including phenoxy) is 2. The highest BCUT2D eigenvalue weighted by Gasteiger charge is 2.18. The number of rotatable bonds is 6. The Kier molecular flexibility index (Phi) is 9.27. The minimum atomic E-state index is -0.701. The van der Waals surface area contributed by atoms with Crippen LogP contribution in [0.1, 0.15) is 6.42 Å². The second kappa shape index (κ2) is 10.7. The van der Waals surface area contributed by atoms with Crippen molar-refractivity contribution in [1.29, 1.82) is 0 Å². The third-order valence-electron chi connectivity index (χ3n) is 3.67. The summed E-state index contributed by atoms with van der Waals surface area (Å²) in [7, 11) is 3.68. The fourth-order valence-electron chi connectivity index (χ4n) is 2.50.